The Hall–Kier alpha value is -0.560. The van der Waals surface area contributed by atoms with Crippen LogP contribution in [0.15, 0.2) is 18.2 Å². The first-order valence-corrected chi connectivity index (χ1v) is 3.56. The van der Waals surface area contributed by atoms with Crippen molar-refractivity contribution in [3.05, 3.63) is 24.8 Å². The molecule has 1 atom stereocenters. The fraction of sp³-hybridized carbons (Fsp3) is 0.556. The van der Waals surface area contributed by atoms with Crippen LogP contribution >= 0.6 is 0 Å². The second-order valence-corrected chi connectivity index (χ2v) is 2.61. The molecule has 0 rings (SSSR count). The summed E-state index contributed by atoms with van der Waals surface area (Å²) >= 11 is 0. The predicted molar refractivity (Wildman–Crippen MR) is 43.5 cm³/mol. The lowest BCUT2D eigenvalue weighted by Crippen LogP contribution is -2.18. The maximum absolute atomic E-state index is 9.32. The molecular weight excluding hydrogens is 124 g/mol. The van der Waals surface area contributed by atoms with Crippen molar-refractivity contribution in [2.24, 2.45) is 0 Å². The highest BCUT2D eigenvalue weighted by molar-refractivity contribution is 4.97. The van der Waals surface area contributed by atoms with E-state index in [1.165, 1.54) is 6.08 Å². The van der Waals surface area contributed by atoms with Crippen LogP contribution in [-0.4, -0.2) is 10.7 Å². The van der Waals surface area contributed by atoms with Gasteiger partial charge in [0.15, 0.2) is 0 Å². The molecule has 0 saturated carbocycles. The maximum atomic E-state index is 9.32. The normalized spacial score (nSPS) is 17.1. The van der Waals surface area contributed by atoms with Crippen LogP contribution in [0.2, 0.25) is 0 Å². The topological polar surface area (TPSA) is 20.2 Å². The summed E-state index contributed by atoms with van der Waals surface area (Å²) in [6, 6.07) is 0. The Balaban J connectivity index is 3.66. The zero-order valence-corrected chi connectivity index (χ0v) is 6.67. The summed E-state index contributed by atoms with van der Waals surface area (Å²) in [7, 11) is 0. The van der Waals surface area contributed by atoms with Crippen LogP contribution in [-0.2, 0) is 0 Å². The highest BCUT2D eigenvalue weighted by Crippen LogP contribution is 2.10. The highest BCUT2D eigenvalue weighted by Gasteiger charge is 2.11. The van der Waals surface area contributed by atoms with Crippen LogP contribution in [0.4, 0.5) is 0 Å². The van der Waals surface area contributed by atoms with Crippen molar-refractivity contribution >= 4 is 0 Å². The lowest BCUT2D eigenvalue weighted by molar-refractivity contribution is 0.115. The van der Waals surface area contributed by atoms with Gasteiger partial charge in [-0.3, -0.25) is 0 Å². The largest absolute Gasteiger partial charge is 0.386 e. The number of aliphatic hydroxyl groups is 1. The van der Waals surface area contributed by atoms with Crippen molar-refractivity contribution in [1.82, 2.24) is 0 Å². The van der Waals surface area contributed by atoms with Crippen molar-refractivity contribution in [1.29, 1.82) is 0 Å². The van der Waals surface area contributed by atoms with E-state index in [0.29, 0.717) is 6.42 Å². The monoisotopic (exact) mass is 139 g/mol. The summed E-state index contributed by atoms with van der Waals surface area (Å²) in [4.78, 5) is 0. The quantitative estimate of drug-likeness (QED) is 0.591. The third-order valence-corrected chi connectivity index (χ3v) is 1.29. The minimum Gasteiger partial charge on any atom is -0.386 e. The van der Waals surface area contributed by atoms with Gasteiger partial charge >= 0.3 is 0 Å². The molecule has 1 radical (unpaired) electrons. The van der Waals surface area contributed by atoms with Gasteiger partial charge in [0.1, 0.15) is 0 Å². The summed E-state index contributed by atoms with van der Waals surface area (Å²) in [5, 5.41) is 9.32. The van der Waals surface area contributed by atoms with Crippen molar-refractivity contribution in [3.8, 4) is 0 Å². The molecule has 0 aliphatic carbocycles. The molecule has 1 N–H and O–H groups in total. The van der Waals surface area contributed by atoms with Crippen LogP contribution in [0.3, 0.4) is 0 Å². The first-order valence-electron chi connectivity index (χ1n) is 3.56. The van der Waals surface area contributed by atoms with Gasteiger partial charge in [-0.25, -0.2) is 0 Å². The molecule has 10 heavy (non-hydrogen) atoms. The van der Waals surface area contributed by atoms with E-state index in [1.807, 2.05) is 12.2 Å². The third-order valence-electron chi connectivity index (χ3n) is 1.29. The molecule has 0 aliphatic heterocycles. The lowest BCUT2D eigenvalue weighted by Gasteiger charge is -2.14. The first kappa shape index (κ1) is 9.44. The van der Waals surface area contributed by atoms with Crippen LogP contribution in [0.5, 0.6) is 0 Å². The molecule has 1 heteroatoms. The summed E-state index contributed by atoms with van der Waals surface area (Å²) in [5.74, 6) is 0. The molecule has 0 aromatic carbocycles. The van der Waals surface area contributed by atoms with Gasteiger partial charge in [-0.2, -0.15) is 0 Å². The van der Waals surface area contributed by atoms with Gasteiger partial charge in [-0.05, 0) is 19.8 Å². The zero-order chi connectivity index (χ0) is 8.04. The Bertz CT molecular complexity index is 123. The van der Waals surface area contributed by atoms with Gasteiger partial charge in [0.2, 0.25) is 0 Å². The van der Waals surface area contributed by atoms with Gasteiger partial charge in [0, 0.05) is 0 Å². The van der Waals surface area contributed by atoms with E-state index in [4.69, 9.17) is 6.58 Å². The minimum atomic E-state index is -0.842. The predicted octanol–water partition coefficient (Wildman–Crippen LogP) is 2.08. The van der Waals surface area contributed by atoms with E-state index < -0.39 is 5.60 Å². The van der Waals surface area contributed by atoms with Crippen molar-refractivity contribution < 1.29 is 5.11 Å². The number of hydrogen-bond donors (Lipinski definition) is 1. The number of allylic oxidation sites excluding steroid dienone is 1. The molecule has 0 heterocycles. The lowest BCUT2D eigenvalue weighted by atomic mass is 10.0. The van der Waals surface area contributed by atoms with E-state index in [1.54, 1.807) is 6.92 Å². The van der Waals surface area contributed by atoms with Crippen molar-refractivity contribution in [3.63, 3.8) is 0 Å². The Kier molecular flexibility index (Phi) is 4.05. The van der Waals surface area contributed by atoms with E-state index in [2.05, 4.69) is 6.92 Å². The molecule has 0 amide bonds. The summed E-state index contributed by atoms with van der Waals surface area (Å²) in [6.45, 7) is 8.92. The Labute approximate surface area is 63.1 Å². The number of rotatable bonds is 4. The zero-order valence-electron chi connectivity index (χ0n) is 6.67. The highest BCUT2D eigenvalue weighted by atomic mass is 16.3. The standard InChI is InChI=1S/C9H15O/c1-4-6-7-8-9(3,10)5-2/h2,5-7,10H,4,8H2,1,3H3/b5-2?,7-6-. The Morgan fingerprint density at radius 1 is 1.50 bits per heavy atom. The first-order chi connectivity index (χ1) is 4.62. The SMILES string of the molecule is [CH]=CC(C)(O)C/C=C\CC. The summed E-state index contributed by atoms with van der Waals surface area (Å²) in [5.41, 5.74) is -0.842. The van der Waals surface area contributed by atoms with Gasteiger partial charge in [-0.1, -0.05) is 31.7 Å². The average molecular weight is 139 g/mol. The van der Waals surface area contributed by atoms with Gasteiger partial charge in [0.25, 0.3) is 0 Å². The summed E-state index contributed by atoms with van der Waals surface area (Å²) in [6.07, 6.45) is 6.85. The molecule has 0 saturated heterocycles. The molecule has 1 unspecified atom stereocenters. The van der Waals surface area contributed by atoms with Gasteiger partial charge < -0.3 is 5.11 Å². The molecular formula is C9H15O. The Morgan fingerprint density at radius 2 is 2.10 bits per heavy atom. The molecule has 0 fully saturated rings. The molecule has 57 valence electrons. The summed E-state index contributed by atoms with van der Waals surface area (Å²) < 4.78 is 0. The van der Waals surface area contributed by atoms with E-state index >= 15 is 0 Å². The fourth-order valence-corrected chi connectivity index (χ4v) is 0.557. The second kappa shape index (κ2) is 4.29. The number of hydrogen-bond acceptors (Lipinski definition) is 1. The maximum Gasteiger partial charge on any atom is 0.0836 e. The molecule has 0 spiro atoms. The molecule has 1 nitrogen and oxygen atoms in total. The van der Waals surface area contributed by atoms with Gasteiger partial charge in [-0.15, -0.1) is 0 Å². The minimum absolute atomic E-state index is 0.595. The molecule has 0 aromatic heterocycles. The average Bonchev–Trinajstić information content (AvgIpc) is 1.89. The second-order valence-electron chi connectivity index (χ2n) is 2.61. The van der Waals surface area contributed by atoms with Crippen LogP contribution < -0.4 is 0 Å². The Morgan fingerprint density at radius 3 is 2.50 bits per heavy atom. The van der Waals surface area contributed by atoms with Crippen LogP contribution in [0.1, 0.15) is 26.7 Å². The van der Waals surface area contributed by atoms with Gasteiger partial charge in [0.05, 0.1) is 5.60 Å². The van der Waals surface area contributed by atoms with Crippen molar-refractivity contribution in [2.45, 2.75) is 32.3 Å². The van der Waals surface area contributed by atoms with E-state index in [-0.39, 0.29) is 0 Å². The molecule has 0 aliphatic rings. The van der Waals surface area contributed by atoms with Crippen LogP contribution in [0, 0.1) is 6.58 Å². The third kappa shape index (κ3) is 4.33. The van der Waals surface area contributed by atoms with Crippen molar-refractivity contribution in [2.75, 3.05) is 0 Å². The van der Waals surface area contributed by atoms with Crippen LogP contribution in [0.25, 0.3) is 0 Å². The molecule has 0 aromatic rings. The molecule has 0 bridgehead atoms. The smallest absolute Gasteiger partial charge is 0.0836 e. The fourth-order valence-electron chi connectivity index (χ4n) is 0.557. The van der Waals surface area contributed by atoms with E-state index in [9.17, 15) is 5.11 Å². The van der Waals surface area contributed by atoms with E-state index in [0.717, 1.165) is 6.42 Å².